The summed E-state index contributed by atoms with van der Waals surface area (Å²) >= 11 is 0. The van der Waals surface area contributed by atoms with E-state index in [1.807, 2.05) is 30.3 Å². The van der Waals surface area contributed by atoms with Crippen molar-refractivity contribution in [3.63, 3.8) is 0 Å². The van der Waals surface area contributed by atoms with Gasteiger partial charge in [0.2, 0.25) is 11.9 Å². The van der Waals surface area contributed by atoms with Gasteiger partial charge in [0.15, 0.2) is 6.10 Å². The Morgan fingerprint density at radius 2 is 1.65 bits per heavy atom. The van der Waals surface area contributed by atoms with E-state index in [-0.39, 0.29) is 12.0 Å². The molecule has 3 unspecified atom stereocenters. The Labute approximate surface area is 214 Å². The van der Waals surface area contributed by atoms with Crippen molar-refractivity contribution in [2.75, 3.05) is 21.3 Å². The molecular formula is C28H27NO8. The number of Topliss-reactive ketones (excluding diaryl/α,β-unsaturated/α-hetero) is 1. The maximum absolute atomic E-state index is 13.6. The predicted molar refractivity (Wildman–Crippen MR) is 133 cm³/mol. The molecule has 192 valence electrons. The molecule has 0 aliphatic carbocycles. The monoisotopic (exact) mass is 505 g/mol. The first-order chi connectivity index (χ1) is 17.9. The Kier molecular flexibility index (Phi) is 7.92. The van der Waals surface area contributed by atoms with E-state index in [0.29, 0.717) is 22.8 Å². The first-order valence-electron chi connectivity index (χ1n) is 11.5. The van der Waals surface area contributed by atoms with E-state index >= 15 is 0 Å². The van der Waals surface area contributed by atoms with E-state index in [9.17, 15) is 14.4 Å². The van der Waals surface area contributed by atoms with Crippen molar-refractivity contribution in [2.45, 2.75) is 24.7 Å². The van der Waals surface area contributed by atoms with Crippen molar-refractivity contribution >= 4 is 17.8 Å². The first kappa shape index (κ1) is 25.6. The van der Waals surface area contributed by atoms with Gasteiger partial charge in [0.25, 0.3) is 0 Å². The topological polar surface area (TPSA) is 109 Å². The third kappa shape index (κ3) is 5.83. The van der Waals surface area contributed by atoms with Crippen LogP contribution in [0.2, 0.25) is 0 Å². The van der Waals surface area contributed by atoms with Crippen molar-refractivity contribution in [1.29, 1.82) is 0 Å². The van der Waals surface area contributed by atoms with Gasteiger partial charge in [-0.05, 0) is 35.9 Å². The zero-order valence-electron chi connectivity index (χ0n) is 20.6. The van der Waals surface area contributed by atoms with Crippen molar-refractivity contribution in [3.8, 4) is 17.2 Å². The van der Waals surface area contributed by atoms with Crippen molar-refractivity contribution in [3.05, 3.63) is 89.5 Å². The number of nitrogens with one attached hydrogen (secondary N) is 1. The van der Waals surface area contributed by atoms with Crippen LogP contribution in [0.1, 0.15) is 27.6 Å². The molecule has 0 saturated carbocycles. The van der Waals surface area contributed by atoms with E-state index in [4.69, 9.17) is 23.7 Å². The van der Waals surface area contributed by atoms with Crippen LogP contribution in [-0.2, 0) is 20.7 Å². The summed E-state index contributed by atoms with van der Waals surface area (Å²) in [6.07, 6.45) is -3.09. The van der Waals surface area contributed by atoms with E-state index in [1.165, 1.54) is 27.4 Å². The molecule has 0 bridgehead atoms. The quantitative estimate of drug-likeness (QED) is 0.459. The standard InChI is InChI=1S/C28H27NO8/c1-33-19-11-7-10-18(15-19)25-26(24(30)21-16-20(34-2)12-13-23(21)36-25)37-28(32)29-22(27(31)35-3)14-17-8-5-4-6-9-17/h4-13,15-16,22,25-26H,14H2,1-3H3,(H,29,32). The fourth-order valence-corrected chi connectivity index (χ4v) is 4.07. The lowest BCUT2D eigenvalue weighted by Crippen LogP contribution is -2.47. The average molecular weight is 506 g/mol. The van der Waals surface area contributed by atoms with E-state index in [1.54, 1.807) is 36.4 Å². The van der Waals surface area contributed by atoms with Gasteiger partial charge >= 0.3 is 12.1 Å². The van der Waals surface area contributed by atoms with Crippen LogP contribution in [0.15, 0.2) is 72.8 Å². The molecule has 0 fully saturated rings. The minimum absolute atomic E-state index is 0.178. The molecule has 1 heterocycles. The summed E-state index contributed by atoms with van der Waals surface area (Å²) in [7, 11) is 4.24. The van der Waals surface area contributed by atoms with Gasteiger partial charge in [0.1, 0.15) is 23.3 Å². The number of esters is 1. The molecule has 3 atom stereocenters. The van der Waals surface area contributed by atoms with E-state index in [0.717, 1.165) is 5.56 Å². The maximum Gasteiger partial charge on any atom is 0.408 e. The van der Waals surface area contributed by atoms with Crippen LogP contribution in [0.3, 0.4) is 0 Å². The highest BCUT2D eigenvalue weighted by atomic mass is 16.6. The zero-order chi connectivity index (χ0) is 26.4. The van der Waals surface area contributed by atoms with Gasteiger partial charge < -0.3 is 29.0 Å². The Morgan fingerprint density at radius 3 is 2.35 bits per heavy atom. The lowest BCUT2D eigenvalue weighted by Gasteiger charge is -2.32. The van der Waals surface area contributed by atoms with Crippen LogP contribution in [0.5, 0.6) is 17.2 Å². The van der Waals surface area contributed by atoms with Gasteiger partial charge in [-0.25, -0.2) is 9.59 Å². The summed E-state index contributed by atoms with van der Waals surface area (Å²) < 4.78 is 27.2. The number of carbonyl (C=O) groups is 3. The third-order valence-electron chi connectivity index (χ3n) is 5.96. The number of ether oxygens (including phenoxy) is 5. The SMILES string of the molecule is COC(=O)C(Cc1ccccc1)NC(=O)OC1C(=O)c2cc(OC)ccc2OC1c1cccc(OC)c1. The van der Waals surface area contributed by atoms with Gasteiger partial charge in [-0.15, -0.1) is 0 Å². The van der Waals surface area contributed by atoms with Gasteiger partial charge in [-0.1, -0.05) is 42.5 Å². The number of benzene rings is 3. The molecule has 9 nitrogen and oxygen atoms in total. The zero-order valence-corrected chi connectivity index (χ0v) is 20.6. The van der Waals surface area contributed by atoms with Crippen molar-refractivity contribution < 1.29 is 38.1 Å². The Balaban J connectivity index is 1.62. The van der Waals surface area contributed by atoms with Crippen LogP contribution >= 0.6 is 0 Å². The number of carbonyl (C=O) groups excluding carboxylic acids is 3. The molecule has 0 aromatic heterocycles. The Morgan fingerprint density at radius 1 is 0.919 bits per heavy atom. The number of rotatable bonds is 8. The molecule has 1 aliphatic heterocycles. The Hall–Kier alpha value is -4.53. The molecule has 9 heteroatoms. The minimum atomic E-state index is -1.35. The molecule has 3 aromatic rings. The molecule has 0 radical (unpaired) electrons. The summed E-state index contributed by atoms with van der Waals surface area (Å²) in [6, 6.07) is 19.9. The smallest absolute Gasteiger partial charge is 0.408 e. The molecule has 0 spiro atoms. The molecule has 37 heavy (non-hydrogen) atoms. The second-order valence-electron chi connectivity index (χ2n) is 8.28. The highest BCUT2D eigenvalue weighted by molar-refractivity contribution is 6.04. The third-order valence-corrected chi connectivity index (χ3v) is 5.96. The summed E-state index contributed by atoms with van der Waals surface area (Å²) in [5.41, 5.74) is 1.59. The van der Waals surface area contributed by atoms with E-state index < -0.39 is 36.1 Å². The number of alkyl carbamates (subject to hydrolysis) is 1. The lowest BCUT2D eigenvalue weighted by atomic mass is 9.93. The van der Waals surface area contributed by atoms with Gasteiger partial charge in [-0.3, -0.25) is 4.79 Å². The molecule has 0 saturated heterocycles. The molecule has 4 rings (SSSR count). The number of ketones is 1. The normalized spacial score (nSPS) is 17.0. The molecule has 3 aromatic carbocycles. The minimum Gasteiger partial charge on any atom is -0.497 e. The number of amides is 1. The van der Waals surface area contributed by atoms with Crippen molar-refractivity contribution in [2.24, 2.45) is 0 Å². The first-order valence-corrected chi connectivity index (χ1v) is 11.5. The van der Waals surface area contributed by atoms with Crippen LogP contribution in [0.4, 0.5) is 4.79 Å². The van der Waals surface area contributed by atoms with Crippen LogP contribution in [0.25, 0.3) is 0 Å². The predicted octanol–water partition coefficient (Wildman–Crippen LogP) is 3.90. The number of methoxy groups -OCH3 is 3. The molecule has 1 N–H and O–H groups in total. The fourth-order valence-electron chi connectivity index (χ4n) is 4.07. The molecule has 1 aliphatic rings. The summed E-state index contributed by atoms with van der Waals surface area (Å²) in [5.74, 6) is 0.209. The maximum atomic E-state index is 13.6. The van der Waals surface area contributed by atoms with Crippen LogP contribution in [0, 0.1) is 0 Å². The number of hydrogen-bond donors (Lipinski definition) is 1. The largest absolute Gasteiger partial charge is 0.497 e. The molecule has 1 amide bonds. The Bertz CT molecular complexity index is 1280. The highest BCUT2D eigenvalue weighted by Gasteiger charge is 2.42. The summed E-state index contributed by atoms with van der Waals surface area (Å²) in [4.78, 5) is 39.0. The van der Waals surface area contributed by atoms with Crippen LogP contribution < -0.4 is 19.5 Å². The lowest BCUT2D eigenvalue weighted by molar-refractivity contribution is -0.143. The number of fused-ring (bicyclic) bond motifs is 1. The van der Waals surface area contributed by atoms with E-state index in [2.05, 4.69) is 5.32 Å². The number of hydrogen-bond acceptors (Lipinski definition) is 8. The van der Waals surface area contributed by atoms with Gasteiger partial charge in [0.05, 0.1) is 26.9 Å². The van der Waals surface area contributed by atoms with Gasteiger partial charge in [-0.2, -0.15) is 0 Å². The van der Waals surface area contributed by atoms with Crippen LogP contribution in [-0.4, -0.2) is 51.3 Å². The average Bonchev–Trinajstić information content (AvgIpc) is 2.94. The summed E-state index contributed by atoms with van der Waals surface area (Å²) in [5, 5.41) is 2.53. The second-order valence-corrected chi connectivity index (χ2v) is 8.28. The second kappa shape index (κ2) is 11.5. The van der Waals surface area contributed by atoms with Crippen molar-refractivity contribution in [1.82, 2.24) is 5.32 Å². The fraction of sp³-hybridized carbons (Fsp3) is 0.250. The molecular weight excluding hydrogens is 478 g/mol. The van der Waals surface area contributed by atoms with Gasteiger partial charge in [0, 0.05) is 12.0 Å². The summed E-state index contributed by atoms with van der Waals surface area (Å²) in [6.45, 7) is 0. The highest BCUT2D eigenvalue weighted by Crippen LogP contribution is 2.39.